The van der Waals surface area contributed by atoms with Gasteiger partial charge in [-0.2, -0.15) is 0 Å². The van der Waals surface area contributed by atoms with Crippen molar-refractivity contribution in [1.82, 2.24) is 30.6 Å². The monoisotopic (exact) mass is 538 g/mol. The van der Waals surface area contributed by atoms with Crippen molar-refractivity contribution in [2.75, 3.05) is 0 Å². The van der Waals surface area contributed by atoms with Gasteiger partial charge in [0.15, 0.2) is 0 Å². The number of fused-ring (bicyclic) bond motifs is 6. The van der Waals surface area contributed by atoms with Gasteiger partial charge in [0.25, 0.3) is 0 Å². The molecule has 2 fully saturated rings. The second kappa shape index (κ2) is 8.81. The Kier molecular flexibility index (Phi) is 5.31. The van der Waals surface area contributed by atoms with Crippen molar-refractivity contribution in [3.63, 3.8) is 0 Å². The third-order valence-corrected chi connectivity index (χ3v) is 9.00. The molecule has 0 saturated carbocycles. The third kappa shape index (κ3) is 3.86. The quantitative estimate of drug-likeness (QED) is 0.200. The zero-order chi connectivity index (χ0) is 26.2. The average molecular weight is 539 g/mol. The van der Waals surface area contributed by atoms with Crippen LogP contribution in [0.4, 0.5) is 0 Å². The fourth-order valence-corrected chi connectivity index (χ4v) is 6.88. The molecule has 0 aliphatic carbocycles. The Morgan fingerprint density at radius 1 is 0.821 bits per heavy atom. The van der Waals surface area contributed by atoms with Crippen molar-refractivity contribution < 1.29 is 4.74 Å². The van der Waals surface area contributed by atoms with Gasteiger partial charge in [-0.3, -0.25) is 0 Å². The zero-order valence-corrected chi connectivity index (χ0v) is 22.8. The lowest BCUT2D eigenvalue weighted by Crippen LogP contribution is -2.21. The molecule has 39 heavy (non-hydrogen) atoms. The maximum atomic E-state index is 6.63. The molecule has 8 rings (SSSR count). The molecular formula is C31H31ClN6O. The van der Waals surface area contributed by atoms with Gasteiger partial charge in [0.1, 0.15) is 34.9 Å². The highest BCUT2D eigenvalue weighted by Crippen LogP contribution is 2.43. The summed E-state index contributed by atoms with van der Waals surface area (Å²) in [5.74, 6) is 2.84. The number of hydrogen-bond donors (Lipinski definition) is 4. The fraction of sp³-hybridized carbons (Fsp3) is 0.355. The Labute approximate surface area is 231 Å². The molecule has 0 bridgehead atoms. The Bertz CT molecular complexity index is 1760. The van der Waals surface area contributed by atoms with Crippen molar-refractivity contribution in [2.45, 2.75) is 70.3 Å². The number of imidazole rings is 2. The summed E-state index contributed by atoms with van der Waals surface area (Å²) in [6, 6.07) is 16.7. The largest absolute Gasteiger partial charge is 0.488 e. The Balaban J connectivity index is 1.15. The SMILES string of the molecule is C[C@H]1CC[C@@H](c2nc(-c3ccc4c(c3)COc3cc5c(ccc6[nH]c([C@@H]7CC[C@H](C)N7)nc65)cc3-4)c(Cl)[nH]2)N1. The molecule has 0 amide bonds. The fourth-order valence-electron chi connectivity index (χ4n) is 6.63. The molecule has 4 atom stereocenters. The van der Waals surface area contributed by atoms with Crippen molar-refractivity contribution in [3.05, 3.63) is 64.8 Å². The molecule has 7 nitrogen and oxygen atoms in total. The number of H-pyrrole nitrogens is 2. The van der Waals surface area contributed by atoms with Gasteiger partial charge in [0.05, 0.1) is 23.1 Å². The van der Waals surface area contributed by atoms with Crippen LogP contribution in [0.15, 0.2) is 42.5 Å². The van der Waals surface area contributed by atoms with Gasteiger partial charge in [-0.25, -0.2) is 9.97 Å². The van der Waals surface area contributed by atoms with Crippen LogP contribution in [-0.2, 0) is 6.61 Å². The summed E-state index contributed by atoms with van der Waals surface area (Å²) in [5, 5.41) is 10.1. The second-order valence-electron chi connectivity index (χ2n) is 11.5. The Morgan fingerprint density at radius 2 is 1.59 bits per heavy atom. The summed E-state index contributed by atoms with van der Waals surface area (Å²) >= 11 is 6.63. The first-order chi connectivity index (χ1) is 19.0. The summed E-state index contributed by atoms with van der Waals surface area (Å²) in [6.07, 6.45) is 4.50. The molecule has 2 aromatic heterocycles. The molecular weight excluding hydrogens is 508 g/mol. The lowest BCUT2D eigenvalue weighted by molar-refractivity contribution is 0.303. The highest BCUT2D eigenvalue weighted by Gasteiger charge is 2.27. The van der Waals surface area contributed by atoms with E-state index >= 15 is 0 Å². The summed E-state index contributed by atoms with van der Waals surface area (Å²) in [5.41, 5.74) is 7.30. The number of hydrogen-bond acceptors (Lipinski definition) is 5. The molecule has 198 valence electrons. The van der Waals surface area contributed by atoms with E-state index in [4.69, 9.17) is 26.3 Å². The molecule has 0 spiro atoms. The van der Waals surface area contributed by atoms with Crippen LogP contribution in [0.3, 0.4) is 0 Å². The number of rotatable bonds is 3. The summed E-state index contributed by atoms with van der Waals surface area (Å²) in [7, 11) is 0. The van der Waals surface area contributed by atoms with Crippen LogP contribution in [0.2, 0.25) is 5.15 Å². The molecule has 5 heterocycles. The van der Waals surface area contributed by atoms with E-state index in [2.05, 4.69) is 76.9 Å². The molecule has 4 N–H and O–H groups in total. The Morgan fingerprint density at radius 3 is 2.33 bits per heavy atom. The predicted octanol–water partition coefficient (Wildman–Crippen LogP) is 6.95. The smallest absolute Gasteiger partial charge is 0.134 e. The first kappa shape index (κ1) is 23.5. The highest BCUT2D eigenvalue weighted by atomic mass is 35.5. The molecule has 3 aliphatic rings. The van der Waals surface area contributed by atoms with Gasteiger partial charge < -0.3 is 25.3 Å². The van der Waals surface area contributed by atoms with E-state index in [1.807, 2.05) is 0 Å². The Hall–Kier alpha value is -3.39. The topological polar surface area (TPSA) is 90.7 Å². The van der Waals surface area contributed by atoms with Gasteiger partial charge in [-0.15, -0.1) is 0 Å². The van der Waals surface area contributed by atoms with Crippen LogP contribution in [0.1, 0.15) is 68.8 Å². The summed E-state index contributed by atoms with van der Waals surface area (Å²) < 4.78 is 6.33. The van der Waals surface area contributed by atoms with E-state index in [-0.39, 0.29) is 12.1 Å². The van der Waals surface area contributed by atoms with E-state index in [9.17, 15) is 0 Å². The molecule has 2 saturated heterocycles. The first-order valence-electron chi connectivity index (χ1n) is 14.0. The van der Waals surface area contributed by atoms with Crippen LogP contribution >= 0.6 is 11.6 Å². The standard InChI is InChI=1S/C31H31ClN6O/c1-15-3-8-24(33-15)30-35-23-10-6-17-12-22-20-7-5-18(11-19(20)14-39-26(22)13-21(17)28(23)37-30)27-29(32)38-31(36-27)25-9-4-16(2)34-25/h5-7,10-13,15-16,24-25,33-34H,3-4,8-9,14H2,1-2H3,(H,35,37)(H,36,38)/t15-,16-,24-,25-/m0/s1. The van der Waals surface area contributed by atoms with E-state index in [0.29, 0.717) is 23.8 Å². The maximum absolute atomic E-state index is 6.63. The van der Waals surface area contributed by atoms with Crippen LogP contribution in [0.5, 0.6) is 5.75 Å². The maximum Gasteiger partial charge on any atom is 0.134 e. The van der Waals surface area contributed by atoms with Crippen LogP contribution in [0.25, 0.3) is 44.2 Å². The second-order valence-corrected chi connectivity index (χ2v) is 11.9. The average Bonchev–Trinajstić information content (AvgIpc) is 3.73. The van der Waals surface area contributed by atoms with Crippen LogP contribution in [0, 0.1) is 0 Å². The first-order valence-corrected chi connectivity index (χ1v) is 14.4. The normalized spacial score (nSPS) is 24.3. The van der Waals surface area contributed by atoms with Gasteiger partial charge in [0, 0.05) is 28.6 Å². The predicted molar refractivity (Wildman–Crippen MR) is 155 cm³/mol. The molecule has 0 unspecified atom stereocenters. The van der Waals surface area contributed by atoms with Crippen LogP contribution in [-0.4, -0.2) is 32.0 Å². The lowest BCUT2D eigenvalue weighted by atomic mass is 9.92. The molecule has 3 aromatic carbocycles. The molecule has 3 aliphatic heterocycles. The number of halogens is 1. The number of ether oxygens (including phenoxy) is 1. The van der Waals surface area contributed by atoms with E-state index in [0.717, 1.165) is 80.9 Å². The number of nitrogens with one attached hydrogen (secondary N) is 4. The lowest BCUT2D eigenvalue weighted by Gasteiger charge is -2.22. The molecule has 0 radical (unpaired) electrons. The highest BCUT2D eigenvalue weighted by molar-refractivity contribution is 6.32. The van der Waals surface area contributed by atoms with Crippen molar-refractivity contribution in [1.29, 1.82) is 0 Å². The third-order valence-electron chi connectivity index (χ3n) is 8.72. The molecule has 5 aromatic rings. The number of benzene rings is 3. The van der Waals surface area contributed by atoms with Crippen molar-refractivity contribution in [2.24, 2.45) is 0 Å². The minimum Gasteiger partial charge on any atom is -0.488 e. The zero-order valence-electron chi connectivity index (χ0n) is 22.1. The van der Waals surface area contributed by atoms with E-state index in [1.165, 1.54) is 12.0 Å². The van der Waals surface area contributed by atoms with Crippen molar-refractivity contribution >= 4 is 33.4 Å². The van der Waals surface area contributed by atoms with E-state index < -0.39 is 0 Å². The summed E-state index contributed by atoms with van der Waals surface area (Å²) in [6.45, 7) is 4.94. The number of aromatic nitrogens is 4. The van der Waals surface area contributed by atoms with E-state index in [1.54, 1.807) is 0 Å². The van der Waals surface area contributed by atoms with Gasteiger partial charge >= 0.3 is 0 Å². The van der Waals surface area contributed by atoms with Gasteiger partial charge in [-0.05, 0) is 80.3 Å². The number of aromatic amines is 2. The molecule has 8 heteroatoms. The minimum absolute atomic E-state index is 0.224. The van der Waals surface area contributed by atoms with Crippen molar-refractivity contribution in [3.8, 4) is 28.1 Å². The number of nitrogens with zero attached hydrogens (tertiary/aromatic N) is 2. The van der Waals surface area contributed by atoms with Gasteiger partial charge in [0.2, 0.25) is 0 Å². The van der Waals surface area contributed by atoms with Gasteiger partial charge in [-0.1, -0.05) is 29.8 Å². The summed E-state index contributed by atoms with van der Waals surface area (Å²) in [4.78, 5) is 16.8. The minimum atomic E-state index is 0.224. The van der Waals surface area contributed by atoms with Crippen LogP contribution < -0.4 is 15.4 Å².